The second-order valence-electron chi connectivity index (χ2n) is 3.13. The average Bonchev–Trinajstić information content (AvgIpc) is 3.01. The molecule has 0 fully saturated rings. The Morgan fingerprint density at radius 2 is 1.74 bits per heavy atom. The first-order chi connectivity index (χ1) is 8.84. The van der Waals surface area contributed by atoms with Crippen LogP contribution in [0.2, 0.25) is 0 Å². The highest BCUT2D eigenvalue weighted by Gasteiger charge is 1.90. The van der Waals surface area contributed by atoms with Crippen LogP contribution in [-0.4, -0.2) is 18.4 Å². The highest BCUT2D eigenvalue weighted by atomic mass is 35.5. The monoisotopic (exact) mass is 281 g/mol. The van der Waals surface area contributed by atoms with E-state index in [0.717, 1.165) is 0 Å². The van der Waals surface area contributed by atoms with Gasteiger partial charge in [-0.3, -0.25) is 0 Å². The number of nitrogens with zero attached hydrogens (tertiary/aromatic N) is 3. The molecule has 0 aliphatic rings. The molecular weight excluding hydrogens is 270 g/mol. The standard InChI is InChI=1S/C11H11N5O2.ClH/c12-11(15-13-7-9-3-1-5-17-9)16-14-8-10-4-2-6-18-10;/h1-8H,(H3,12,15,16);1H/b13-7-,14-8-;. The quantitative estimate of drug-likeness (QED) is 0.504. The SMILES string of the molecule is Cl.N/C(=N/N=C\c1ccco1)N/N=C\c1ccco1. The fourth-order valence-corrected chi connectivity index (χ4v) is 1.06. The number of furan rings is 2. The summed E-state index contributed by atoms with van der Waals surface area (Å²) in [5.74, 6) is 1.25. The maximum absolute atomic E-state index is 5.50. The first-order valence-corrected chi connectivity index (χ1v) is 5.07. The molecule has 7 nitrogen and oxygen atoms in total. The van der Waals surface area contributed by atoms with Crippen molar-refractivity contribution in [2.75, 3.05) is 0 Å². The molecule has 8 heteroatoms. The van der Waals surface area contributed by atoms with E-state index in [-0.39, 0.29) is 18.4 Å². The molecule has 2 aromatic heterocycles. The minimum absolute atomic E-state index is 0. The van der Waals surface area contributed by atoms with Gasteiger partial charge in [0, 0.05) is 0 Å². The highest BCUT2D eigenvalue weighted by molar-refractivity contribution is 5.85. The molecule has 0 atom stereocenters. The zero-order valence-electron chi connectivity index (χ0n) is 9.76. The van der Waals surface area contributed by atoms with Gasteiger partial charge >= 0.3 is 0 Å². The Bertz CT molecular complexity index is 546. The van der Waals surface area contributed by atoms with E-state index in [2.05, 4.69) is 20.7 Å². The zero-order valence-corrected chi connectivity index (χ0v) is 10.6. The molecule has 2 rings (SSSR count). The normalized spacial score (nSPS) is 11.9. The molecule has 0 aliphatic carbocycles. The number of rotatable bonds is 4. The first kappa shape index (κ1) is 14.5. The van der Waals surface area contributed by atoms with Crippen molar-refractivity contribution >= 4 is 30.8 Å². The molecule has 0 aliphatic heterocycles. The van der Waals surface area contributed by atoms with E-state index in [1.165, 1.54) is 12.4 Å². The summed E-state index contributed by atoms with van der Waals surface area (Å²) < 4.78 is 10.1. The number of hydrogen-bond donors (Lipinski definition) is 2. The van der Waals surface area contributed by atoms with Crippen LogP contribution in [-0.2, 0) is 0 Å². The molecule has 0 bridgehead atoms. The number of nitrogens with two attached hydrogens (primary N) is 1. The molecule has 2 aromatic rings. The number of halogens is 1. The lowest BCUT2D eigenvalue weighted by Crippen LogP contribution is -2.26. The van der Waals surface area contributed by atoms with E-state index in [1.807, 2.05) is 0 Å². The Morgan fingerprint density at radius 3 is 2.32 bits per heavy atom. The molecule has 2 heterocycles. The van der Waals surface area contributed by atoms with Crippen LogP contribution < -0.4 is 11.2 Å². The summed E-state index contributed by atoms with van der Waals surface area (Å²) in [6.07, 6.45) is 6.00. The van der Waals surface area contributed by atoms with Crippen molar-refractivity contribution < 1.29 is 8.83 Å². The maximum atomic E-state index is 5.50. The van der Waals surface area contributed by atoms with Crippen molar-refractivity contribution in [3.05, 3.63) is 48.3 Å². The van der Waals surface area contributed by atoms with Gasteiger partial charge in [0.25, 0.3) is 0 Å². The predicted molar refractivity (Wildman–Crippen MR) is 74.6 cm³/mol. The van der Waals surface area contributed by atoms with Crippen molar-refractivity contribution in [2.24, 2.45) is 21.0 Å². The largest absolute Gasteiger partial charge is 0.463 e. The molecule has 100 valence electrons. The lowest BCUT2D eigenvalue weighted by atomic mass is 10.5. The summed E-state index contributed by atoms with van der Waals surface area (Å²) in [6, 6.07) is 7.01. The van der Waals surface area contributed by atoms with Gasteiger partial charge in [-0.05, 0) is 24.3 Å². The highest BCUT2D eigenvalue weighted by Crippen LogP contribution is 1.95. The third-order valence-electron chi connectivity index (χ3n) is 1.81. The van der Waals surface area contributed by atoms with E-state index in [9.17, 15) is 0 Å². The number of hydrazone groups is 1. The Hall–Kier alpha value is -2.54. The van der Waals surface area contributed by atoms with Crippen LogP contribution in [0.1, 0.15) is 11.5 Å². The van der Waals surface area contributed by atoms with Gasteiger partial charge in [0.2, 0.25) is 5.96 Å². The molecule has 0 radical (unpaired) electrons. The van der Waals surface area contributed by atoms with Crippen molar-refractivity contribution in [1.29, 1.82) is 0 Å². The molecular formula is C11H12ClN5O2. The Labute approximate surface area is 115 Å². The summed E-state index contributed by atoms with van der Waals surface area (Å²) in [5, 5.41) is 11.2. The first-order valence-electron chi connectivity index (χ1n) is 5.07. The zero-order chi connectivity index (χ0) is 12.6. The van der Waals surface area contributed by atoms with Crippen molar-refractivity contribution in [3.63, 3.8) is 0 Å². The molecule has 0 saturated carbocycles. The van der Waals surface area contributed by atoms with E-state index >= 15 is 0 Å². The molecule has 0 aromatic carbocycles. The molecule has 0 spiro atoms. The molecule has 0 unspecified atom stereocenters. The van der Waals surface area contributed by atoms with Crippen LogP contribution >= 0.6 is 12.4 Å². The maximum Gasteiger partial charge on any atom is 0.234 e. The fraction of sp³-hybridized carbons (Fsp3) is 0. The van der Waals surface area contributed by atoms with Gasteiger partial charge in [-0.15, -0.1) is 17.5 Å². The fourth-order valence-electron chi connectivity index (χ4n) is 1.06. The van der Waals surface area contributed by atoms with Crippen LogP contribution in [0.5, 0.6) is 0 Å². The average molecular weight is 282 g/mol. The van der Waals surface area contributed by atoms with Gasteiger partial charge in [0.1, 0.15) is 11.5 Å². The third kappa shape index (κ3) is 5.09. The Balaban J connectivity index is 0.00000180. The number of nitrogens with one attached hydrogen (secondary N) is 1. The number of hydrogen-bond acceptors (Lipinski definition) is 5. The Morgan fingerprint density at radius 1 is 1.11 bits per heavy atom. The van der Waals surface area contributed by atoms with E-state index in [1.54, 1.807) is 36.8 Å². The summed E-state index contributed by atoms with van der Waals surface area (Å²) in [6.45, 7) is 0. The van der Waals surface area contributed by atoms with Crippen LogP contribution in [0.25, 0.3) is 0 Å². The Kier molecular flexibility index (Phi) is 5.90. The van der Waals surface area contributed by atoms with Crippen LogP contribution in [0.4, 0.5) is 0 Å². The van der Waals surface area contributed by atoms with Crippen molar-refractivity contribution in [3.8, 4) is 0 Å². The molecule has 19 heavy (non-hydrogen) atoms. The third-order valence-corrected chi connectivity index (χ3v) is 1.81. The van der Waals surface area contributed by atoms with Crippen LogP contribution in [0.15, 0.2) is 60.9 Å². The summed E-state index contributed by atoms with van der Waals surface area (Å²) in [7, 11) is 0. The summed E-state index contributed by atoms with van der Waals surface area (Å²) >= 11 is 0. The van der Waals surface area contributed by atoms with E-state index in [4.69, 9.17) is 14.6 Å². The van der Waals surface area contributed by atoms with Crippen LogP contribution in [0.3, 0.4) is 0 Å². The topological polar surface area (TPSA) is 101 Å². The van der Waals surface area contributed by atoms with Gasteiger partial charge in [-0.25, -0.2) is 5.43 Å². The van der Waals surface area contributed by atoms with Gasteiger partial charge < -0.3 is 14.6 Å². The molecule has 0 amide bonds. The van der Waals surface area contributed by atoms with Crippen LogP contribution in [0, 0.1) is 0 Å². The summed E-state index contributed by atoms with van der Waals surface area (Å²) in [5.41, 5.74) is 8.00. The van der Waals surface area contributed by atoms with Crippen molar-refractivity contribution in [1.82, 2.24) is 5.43 Å². The van der Waals surface area contributed by atoms with Crippen molar-refractivity contribution in [2.45, 2.75) is 0 Å². The van der Waals surface area contributed by atoms with E-state index < -0.39 is 0 Å². The number of guanidine groups is 1. The van der Waals surface area contributed by atoms with Gasteiger partial charge in [0.05, 0.1) is 25.0 Å². The molecule has 0 saturated heterocycles. The van der Waals surface area contributed by atoms with Gasteiger partial charge in [-0.1, -0.05) is 0 Å². The summed E-state index contributed by atoms with van der Waals surface area (Å²) in [4.78, 5) is 0. The smallest absolute Gasteiger partial charge is 0.234 e. The second-order valence-corrected chi connectivity index (χ2v) is 3.13. The second kappa shape index (κ2) is 7.72. The van der Waals surface area contributed by atoms with Gasteiger partial charge in [0.15, 0.2) is 0 Å². The predicted octanol–water partition coefficient (Wildman–Crippen LogP) is 1.57. The van der Waals surface area contributed by atoms with E-state index in [0.29, 0.717) is 11.5 Å². The lowest BCUT2D eigenvalue weighted by Gasteiger charge is -1.93. The lowest BCUT2D eigenvalue weighted by molar-refractivity contribution is 0.559. The minimum atomic E-state index is 0. The minimum Gasteiger partial charge on any atom is -0.463 e. The molecule has 3 N–H and O–H groups in total. The van der Waals surface area contributed by atoms with Gasteiger partial charge in [-0.2, -0.15) is 10.2 Å².